The minimum Gasteiger partial charge on any atom is -0.462 e. The topological polar surface area (TPSA) is 71.1 Å². The molecule has 0 N–H and O–H groups in total. The Balaban J connectivity index is 2.11. The number of rotatable bonds is 17. The molecule has 6 heteroatoms. The smallest absolute Gasteiger partial charge is 0.338 e. The van der Waals surface area contributed by atoms with Gasteiger partial charge in [-0.3, -0.25) is 0 Å². The van der Waals surface area contributed by atoms with Gasteiger partial charge in [0.2, 0.25) is 0 Å². The number of hydrogen-bond acceptors (Lipinski definition) is 6. The van der Waals surface area contributed by atoms with Crippen molar-refractivity contribution in [2.75, 3.05) is 19.8 Å². The minimum absolute atomic E-state index is 0.252. The van der Waals surface area contributed by atoms with E-state index in [-0.39, 0.29) is 12.9 Å². The van der Waals surface area contributed by atoms with Gasteiger partial charge in [-0.2, -0.15) is 0 Å². The van der Waals surface area contributed by atoms with Crippen molar-refractivity contribution in [3.05, 3.63) is 34.9 Å². The van der Waals surface area contributed by atoms with E-state index in [1.165, 1.54) is 0 Å². The second-order valence-electron chi connectivity index (χ2n) is 10.1. The summed E-state index contributed by atoms with van der Waals surface area (Å²) in [7, 11) is 0. The monoisotopic (exact) mass is 504 g/mol. The Kier molecular flexibility index (Phi) is 14.7. The van der Waals surface area contributed by atoms with Crippen molar-refractivity contribution in [1.82, 2.24) is 0 Å². The van der Waals surface area contributed by atoms with Crippen LogP contribution in [0.5, 0.6) is 0 Å². The van der Waals surface area contributed by atoms with Crippen LogP contribution in [0.2, 0.25) is 0 Å². The lowest BCUT2D eigenvalue weighted by atomic mass is 10.0. The van der Waals surface area contributed by atoms with Gasteiger partial charge >= 0.3 is 11.9 Å². The third kappa shape index (κ3) is 11.0. The van der Waals surface area contributed by atoms with Gasteiger partial charge in [0, 0.05) is 6.61 Å². The van der Waals surface area contributed by atoms with Gasteiger partial charge in [-0.05, 0) is 67.7 Å². The van der Waals surface area contributed by atoms with Crippen LogP contribution in [0.4, 0.5) is 0 Å². The molecule has 0 bridgehead atoms. The summed E-state index contributed by atoms with van der Waals surface area (Å²) in [5.41, 5.74) is 1.45. The van der Waals surface area contributed by atoms with Gasteiger partial charge in [0.05, 0.1) is 30.9 Å². The first-order chi connectivity index (χ1) is 17.5. The van der Waals surface area contributed by atoms with E-state index >= 15 is 0 Å². The van der Waals surface area contributed by atoms with Crippen LogP contribution in [0.3, 0.4) is 0 Å². The molecule has 6 nitrogen and oxygen atoms in total. The highest BCUT2D eigenvalue weighted by Gasteiger charge is 2.20. The summed E-state index contributed by atoms with van der Waals surface area (Å²) in [6.45, 7) is 10.3. The SMILES string of the molecule is CCCCC(CC)COC(=O)c1cc(COC2CCCCO2)cc(C(=O)OCC(CC)CCCC)c1. The molecule has 1 aromatic rings. The zero-order valence-electron chi connectivity index (χ0n) is 23.0. The lowest BCUT2D eigenvalue weighted by molar-refractivity contribution is -0.168. The molecule has 204 valence electrons. The van der Waals surface area contributed by atoms with Crippen LogP contribution in [0, 0.1) is 11.8 Å². The van der Waals surface area contributed by atoms with Crippen molar-refractivity contribution in [1.29, 1.82) is 0 Å². The number of esters is 2. The Hall–Kier alpha value is -1.92. The van der Waals surface area contributed by atoms with Crippen LogP contribution in [-0.4, -0.2) is 38.0 Å². The van der Waals surface area contributed by atoms with Crippen molar-refractivity contribution in [3.63, 3.8) is 0 Å². The highest BCUT2D eigenvalue weighted by molar-refractivity contribution is 5.95. The maximum absolute atomic E-state index is 13.0. The van der Waals surface area contributed by atoms with E-state index in [0.29, 0.717) is 42.8 Å². The predicted molar refractivity (Wildman–Crippen MR) is 142 cm³/mol. The highest BCUT2D eigenvalue weighted by atomic mass is 16.7. The van der Waals surface area contributed by atoms with E-state index < -0.39 is 11.9 Å². The Bertz CT molecular complexity index is 720. The summed E-state index contributed by atoms with van der Waals surface area (Å²) in [5, 5.41) is 0. The van der Waals surface area contributed by atoms with Gasteiger partial charge in [0.15, 0.2) is 6.29 Å². The third-order valence-corrected chi connectivity index (χ3v) is 7.02. The van der Waals surface area contributed by atoms with Gasteiger partial charge in [0.25, 0.3) is 0 Å². The molecule has 0 aromatic heterocycles. The van der Waals surface area contributed by atoms with E-state index in [1.807, 2.05) is 0 Å². The van der Waals surface area contributed by atoms with Crippen LogP contribution < -0.4 is 0 Å². The standard InChI is InChI=1S/C30H48O6/c1-5-9-13-23(7-3)20-35-29(31)26-17-25(22-34-28-15-11-12-16-33-28)18-27(19-26)30(32)36-21-24(8-4)14-10-6-2/h17-19,23-24,28H,5-16,20-22H2,1-4H3. The van der Waals surface area contributed by atoms with Crippen LogP contribution in [0.25, 0.3) is 0 Å². The summed E-state index contributed by atoms with van der Waals surface area (Å²) in [6, 6.07) is 5.10. The van der Waals surface area contributed by atoms with E-state index in [1.54, 1.807) is 18.2 Å². The maximum atomic E-state index is 13.0. The lowest BCUT2D eigenvalue weighted by Gasteiger charge is -2.23. The van der Waals surface area contributed by atoms with E-state index in [0.717, 1.165) is 76.2 Å². The van der Waals surface area contributed by atoms with Gasteiger partial charge in [-0.15, -0.1) is 0 Å². The fourth-order valence-electron chi connectivity index (χ4n) is 4.39. The van der Waals surface area contributed by atoms with Crippen molar-refractivity contribution in [2.24, 2.45) is 11.8 Å². The first-order valence-corrected chi connectivity index (χ1v) is 14.2. The Labute approximate surface area is 218 Å². The quantitative estimate of drug-likeness (QED) is 0.205. The summed E-state index contributed by atoms with van der Waals surface area (Å²) >= 11 is 0. The molecule has 0 spiro atoms. The average molecular weight is 505 g/mol. The third-order valence-electron chi connectivity index (χ3n) is 7.02. The first-order valence-electron chi connectivity index (χ1n) is 14.2. The molecule has 0 aliphatic carbocycles. The van der Waals surface area contributed by atoms with Crippen molar-refractivity contribution in [2.45, 2.75) is 111 Å². The lowest BCUT2D eigenvalue weighted by Crippen LogP contribution is -2.22. The second kappa shape index (κ2) is 17.5. The fraction of sp³-hybridized carbons (Fsp3) is 0.733. The summed E-state index contributed by atoms with van der Waals surface area (Å²) < 4.78 is 22.9. The molecular weight excluding hydrogens is 456 g/mol. The van der Waals surface area contributed by atoms with Crippen LogP contribution in [0.1, 0.15) is 125 Å². The maximum Gasteiger partial charge on any atom is 0.338 e. The number of ether oxygens (including phenoxy) is 4. The Morgan fingerprint density at radius 2 is 1.42 bits per heavy atom. The van der Waals surface area contributed by atoms with Crippen molar-refractivity contribution < 1.29 is 28.5 Å². The summed E-state index contributed by atoms with van der Waals surface area (Å²) in [6.07, 6.45) is 11.2. The average Bonchev–Trinajstić information content (AvgIpc) is 2.92. The van der Waals surface area contributed by atoms with E-state index in [9.17, 15) is 9.59 Å². The van der Waals surface area contributed by atoms with Crippen LogP contribution in [0.15, 0.2) is 18.2 Å². The number of carbonyl (C=O) groups is 2. The largest absolute Gasteiger partial charge is 0.462 e. The number of hydrogen-bond donors (Lipinski definition) is 0. The van der Waals surface area contributed by atoms with E-state index in [2.05, 4.69) is 27.7 Å². The molecule has 1 aliphatic heterocycles. The van der Waals surface area contributed by atoms with Gasteiger partial charge in [-0.25, -0.2) is 9.59 Å². The predicted octanol–water partition coefficient (Wildman–Crippen LogP) is 7.48. The molecule has 1 aliphatic rings. The molecule has 3 atom stereocenters. The van der Waals surface area contributed by atoms with Crippen LogP contribution >= 0.6 is 0 Å². The highest BCUT2D eigenvalue weighted by Crippen LogP contribution is 2.20. The normalized spacial score (nSPS) is 17.4. The molecule has 2 rings (SSSR count). The number of benzene rings is 1. The molecule has 1 saturated heterocycles. The summed E-state index contributed by atoms with van der Waals surface area (Å²) in [4.78, 5) is 25.9. The number of carbonyl (C=O) groups excluding carboxylic acids is 2. The Morgan fingerprint density at radius 1 is 0.861 bits per heavy atom. The first kappa shape index (κ1) is 30.3. The molecule has 0 amide bonds. The zero-order valence-corrected chi connectivity index (χ0v) is 23.0. The summed E-state index contributed by atoms with van der Waals surface area (Å²) in [5.74, 6) is -0.127. The van der Waals surface area contributed by atoms with Gasteiger partial charge in [-0.1, -0.05) is 66.2 Å². The van der Waals surface area contributed by atoms with Crippen molar-refractivity contribution >= 4 is 11.9 Å². The zero-order chi connectivity index (χ0) is 26.2. The minimum atomic E-state index is -0.413. The molecule has 1 fully saturated rings. The molecule has 0 saturated carbocycles. The number of unbranched alkanes of at least 4 members (excludes halogenated alkanes) is 2. The van der Waals surface area contributed by atoms with E-state index in [4.69, 9.17) is 18.9 Å². The second-order valence-corrected chi connectivity index (χ2v) is 10.1. The fourth-order valence-corrected chi connectivity index (χ4v) is 4.39. The van der Waals surface area contributed by atoms with Gasteiger partial charge < -0.3 is 18.9 Å². The molecule has 0 radical (unpaired) electrons. The molecule has 1 heterocycles. The Morgan fingerprint density at radius 3 is 1.86 bits per heavy atom. The van der Waals surface area contributed by atoms with Gasteiger partial charge in [0.1, 0.15) is 0 Å². The molecular formula is C30H48O6. The molecule has 1 aromatic carbocycles. The van der Waals surface area contributed by atoms with Crippen molar-refractivity contribution in [3.8, 4) is 0 Å². The molecule has 36 heavy (non-hydrogen) atoms. The molecule has 3 unspecified atom stereocenters. The van der Waals surface area contributed by atoms with Crippen LogP contribution in [-0.2, 0) is 25.6 Å².